The zero-order chi connectivity index (χ0) is 14.4. The molecule has 0 aliphatic carbocycles. The molecule has 2 rings (SSSR count). The van der Waals surface area contributed by atoms with Crippen molar-refractivity contribution < 1.29 is 13.5 Å². The van der Waals surface area contributed by atoms with Crippen LogP contribution in [0.3, 0.4) is 0 Å². The molecular weight excluding hydrogens is 262 g/mol. The molecule has 106 valence electrons. The maximum Gasteiger partial charge on any atom is 0.387 e. The smallest absolute Gasteiger partial charge is 0.387 e. The second-order valence-electron chi connectivity index (χ2n) is 4.52. The van der Waals surface area contributed by atoms with Gasteiger partial charge in [-0.25, -0.2) is 0 Å². The molecule has 0 spiro atoms. The van der Waals surface area contributed by atoms with E-state index >= 15 is 0 Å². The lowest BCUT2D eigenvalue weighted by Gasteiger charge is -2.16. The number of hydrogen-bond acceptors (Lipinski definition) is 3. The Balaban J connectivity index is 1.89. The third kappa shape index (κ3) is 4.59. The van der Waals surface area contributed by atoms with Crippen LogP contribution in [0.1, 0.15) is 11.3 Å². The van der Waals surface area contributed by atoms with Crippen LogP contribution in [-0.4, -0.2) is 23.5 Å². The number of halogens is 2. The average molecular weight is 278 g/mol. The fourth-order valence-electron chi connectivity index (χ4n) is 1.91. The van der Waals surface area contributed by atoms with Crippen molar-refractivity contribution in [1.82, 2.24) is 9.88 Å². The summed E-state index contributed by atoms with van der Waals surface area (Å²) in [7, 11) is 1.98. The van der Waals surface area contributed by atoms with E-state index in [1.54, 1.807) is 30.5 Å². The molecule has 0 atom stereocenters. The van der Waals surface area contributed by atoms with Gasteiger partial charge in [0, 0.05) is 19.3 Å². The fourth-order valence-corrected chi connectivity index (χ4v) is 1.91. The summed E-state index contributed by atoms with van der Waals surface area (Å²) < 4.78 is 28.4. The van der Waals surface area contributed by atoms with Gasteiger partial charge in [-0.05, 0) is 36.9 Å². The van der Waals surface area contributed by atoms with Gasteiger partial charge in [0.1, 0.15) is 5.75 Å². The lowest BCUT2D eigenvalue weighted by molar-refractivity contribution is -0.0498. The minimum absolute atomic E-state index is 0.177. The summed E-state index contributed by atoms with van der Waals surface area (Å²) in [4.78, 5) is 6.36. The number of pyridine rings is 1. The molecule has 0 saturated heterocycles. The van der Waals surface area contributed by atoms with Gasteiger partial charge in [-0.2, -0.15) is 8.78 Å². The number of nitrogens with zero attached hydrogens (tertiary/aromatic N) is 2. The Morgan fingerprint density at radius 1 is 1.10 bits per heavy atom. The maximum absolute atomic E-state index is 12.0. The van der Waals surface area contributed by atoms with Gasteiger partial charge in [0.15, 0.2) is 0 Å². The van der Waals surface area contributed by atoms with E-state index in [0.717, 1.165) is 17.8 Å². The van der Waals surface area contributed by atoms with Gasteiger partial charge < -0.3 is 4.74 Å². The average Bonchev–Trinajstić information content (AvgIpc) is 2.41. The molecule has 0 radical (unpaired) electrons. The van der Waals surface area contributed by atoms with Crippen LogP contribution >= 0.6 is 0 Å². The third-order valence-electron chi connectivity index (χ3n) is 2.76. The van der Waals surface area contributed by atoms with Gasteiger partial charge in [0.05, 0.1) is 5.69 Å². The van der Waals surface area contributed by atoms with E-state index < -0.39 is 6.61 Å². The Labute approximate surface area is 116 Å². The van der Waals surface area contributed by atoms with E-state index in [1.807, 2.05) is 25.2 Å². The first-order valence-electron chi connectivity index (χ1n) is 6.25. The van der Waals surface area contributed by atoms with Crippen molar-refractivity contribution in [2.75, 3.05) is 7.05 Å². The van der Waals surface area contributed by atoms with Crippen LogP contribution in [0, 0.1) is 0 Å². The van der Waals surface area contributed by atoms with E-state index in [2.05, 4.69) is 14.6 Å². The van der Waals surface area contributed by atoms with Crippen LogP contribution in [0.15, 0.2) is 48.7 Å². The van der Waals surface area contributed by atoms with Crippen molar-refractivity contribution in [2.24, 2.45) is 0 Å². The van der Waals surface area contributed by atoms with Crippen LogP contribution in [0.25, 0.3) is 0 Å². The first-order chi connectivity index (χ1) is 9.63. The monoisotopic (exact) mass is 278 g/mol. The lowest BCUT2D eigenvalue weighted by atomic mass is 10.2. The van der Waals surface area contributed by atoms with Gasteiger partial charge in [0.2, 0.25) is 0 Å². The Hall–Kier alpha value is -2.01. The molecule has 1 heterocycles. The van der Waals surface area contributed by atoms with Crippen molar-refractivity contribution in [2.45, 2.75) is 19.7 Å². The maximum atomic E-state index is 12.0. The van der Waals surface area contributed by atoms with Crippen LogP contribution in [0.4, 0.5) is 8.78 Å². The lowest BCUT2D eigenvalue weighted by Crippen LogP contribution is -2.17. The van der Waals surface area contributed by atoms with Crippen molar-refractivity contribution in [3.63, 3.8) is 0 Å². The normalized spacial score (nSPS) is 11.1. The highest BCUT2D eigenvalue weighted by atomic mass is 19.3. The number of alkyl halides is 2. The molecule has 0 amide bonds. The quantitative estimate of drug-likeness (QED) is 0.810. The molecule has 2 aromatic rings. The summed E-state index contributed by atoms with van der Waals surface area (Å²) in [5, 5.41) is 0. The van der Waals surface area contributed by atoms with E-state index in [9.17, 15) is 8.78 Å². The van der Waals surface area contributed by atoms with Gasteiger partial charge in [-0.15, -0.1) is 0 Å². The minimum atomic E-state index is -2.78. The molecule has 0 unspecified atom stereocenters. The highest BCUT2D eigenvalue weighted by molar-refractivity contribution is 5.27. The molecule has 0 fully saturated rings. The highest BCUT2D eigenvalue weighted by Crippen LogP contribution is 2.16. The number of rotatable bonds is 6. The first-order valence-corrected chi connectivity index (χ1v) is 6.25. The van der Waals surface area contributed by atoms with Crippen LogP contribution < -0.4 is 4.74 Å². The second-order valence-corrected chi connectivity index (χ2v) is 4.52. The Morgan fingerprint density at radius 3 is 2.45 bits per heavy atom. The molecule has 0 aliphatic heterocycles. The molecule has 3 nitrogen and oxygen atoms in total. The fraction of sp³-hybridized carbons (Fsp3) is 0.267. The highest BCUT2D eigenvalue weighted by Gasteiger charge is 2.05. The zero-order valence-electron chi connectivity index (χ0n) is 11.2. The topological polar surface area (TPSA) is 25.4 Å². The van der Waals surface area contributed by atoms with Gasteiger partial charge in [-0.1, -0.05) is 18.2 Å². The van der Waals surface area contributed by atoms with E-state index in [-0.39, 0.29) is 5.75 Å². The van der Waals surface area contributed by atoms with Crippen molar-refractivity contribution >= 4 is 0 Å². The third-order valence-corrected chi connectivity index (χ3v) is 2.76. The SMILES string of the molecule is CN(Cc1ccc(OC(F)F)cc1)Cc1ccccn1. The van der Waals surface area contributed by atoms with Crippen molar-refractivity contribution in [3.05, 3.63) is 59.9 Å². The Morgan fingerprint density at radius 2 is 1.85 bits per heavy atom. The Bertz CT molecular complexity index is 517. The number of benzene rings is 1. The summed E-state index contributed by atoms with van der Waals surface area (Å²) in [5.41, 5.74) is 2.03. The summed E-state index contributed by atoms with van der Waals surface area (Å²) in [6.45, 7) is -1.34. The molecule has 0 aliphatic rings. The molecule has 5 heteroatoms. The summed E-state index contributed by atoms with van der Waals surface area (Å²) in [6, 6.07) is 12.5. The van der Waals surface area contributed by atoms with E-state index in [0.29, 0.717) is 6.54 Å². The van der Waals surface area contributed by atoms with E-state index in [1.165, 1.54) is 0 Å². The standard InChI is InChI=1S/C15H16F2N2O/c1-19(11-13-4-2-3-9-18-13)10-12-5-7-14(8-6-12)20-15(16)17/h2-9,15H,10-11H2,1H3. The van der Waals surface area contributed by atoms with Crippen LogP contribution in [0.5, 0.6) is 5.75 Å². The van der Waals surface area contributed by atoms with Gasteiger partial charge in [-0.3, -0.25) is 9.88 Å². The molecule has 1 aromatic heterocycles. The van der Waals surface area contributed by atoms with Crippen molar-refractivity contribution in [1.29, 1.82) is 0 Å². The summed E-state index contributed by atoms with van der Waals surface area (Å²) >= 11 is 0. The molecular formula is C15H16F2N2O. The van der Waals surface area contributed by atoms with Crippen LogP contribution in [0.2, 0.25) is 0 Å². The van der Waals surface area contributed by atoms with Crippen LogP contribution in [-0.2, 0) is 13.1 Å². The first kappa shape index (κ1) is 14.4. The Kier molecular flexibility index (Phi) is 5.01. The molecule has 0 N–H and O–H groups in total. The second kappa shape index (κ2) is 6.96. The van der Waals surface area contributed by atoms with Gasteiger partial charge >= 0.3 is 6.61 Å². The van der Waals surface area contributed by atoms with Gasteiger partial charge in [0.25, 0.3) is 0 Å². The molecule has 0 saturated carbocycles. The number of ether oxygens (including phenoxy) is 1. The summed E-state index contributed by atoms with van der Waals surface area (Å²) in [6.07, 6.45) is 1.76. The molecule has 0 bridgehead atoms. The predicted octanol–water partition coefficient (Wildman–Crippen LogP) is 3.32. The number of aromatic nitrogens is 1. The largest absolute Gasteiger partial charge is 0.435 e. The minimum Gasteiger partial charge on any atom is -0.435 e. The molecule has 1 aromatic carbocycles. The summed E-state index contributed by atoms with van der Waals surface area (Å²) in [5.74, 6) is 0.177. The zero-order valence-corrected chi connectivity index (χ0v) is 11.2. The van der Waals surface area contributed by atoms with E-state index in [4.69, 9.17) is 0 Å². The number of hydrogen-bond donors (Lipinski definition) is 0. The predicted molar refractivity (Wildman–Crippen MR) is 72.5 cm³/mol. The molecule has 20 heavy (non-hydrogen) atoms. The van der Waals surface area contributed by atoms with Crippen molar-refractivity contribution in [3.8, 4) is 5.75 Å².